The predicted octanol–water partition coefficient (Wildman–Crippen LogP) is 5.10. The minimum Gasteiger partial charge on any atom is -1.00 e. The Morgan fingerprint density at radius 3 is 1.25 bits per heavy atom. The number of carbonyl (C=O) groups excluding carboxylic acids is 5. The summed E-state index contributed by atoms with van der Waals surface area (Å²) in [5.41, 5.74) is -0.129. The molecule has 3 N–H and O–H groups in total. The maximum absolute atomic E-state index is 12.0. The Labute approximate surface area is 482 Å². The van der Waals surface area contributed by atoms with Crippen LogP contribution in [0.2, 0.25) is 54.4 Å². The molecule has 0 aromatic carbocycles. The van der Waals surface area contributed by atoms with E-state index in [2.05, 4.69) is 136 Å². The van der Waals surface area contributed by atoms with Crippen molar-refractivity contribution in [3.05, 3.63) is 0 Å². The Balaban J connectivity index is -0.000000447. The van der Waals surface area contributed by atoms with Gasteiger partial charge in [0.05, 0.1) is 65.9 Å². The zero-order valence-electron chi connectivity index (χ0n) is 51.9. The molecule has 4 aliphatic rings. The molecule has 4 aliphatic heterocycles. The molecule has 4 heterocycles. The van der Waals surface area contributed by atoms with E-state index in [0.29, 0.717) is 12.3 Å². The standard InChI is InChI=1S/2C13H27NO3Si.C13H25NO3Si.C12H21NO5.CH4.B.Na.H/c3*1-9-10(8-14-11(9)12(15)16-5)17-18(6,7)13(2,3)4;1-7-8(14)6-13(9(7)10(15)17-5)11(16)18-12(2,3)4;;;;/h2*9-11,14H,8H2,1-7H3;9-10H,8H2,1-7H3;7-9,14H,6H2,1-5H3;1H4;;;/q;;;;;;+1;-1/t9-,10+,11+;9-,10+,11-;9-,10+;7-,8+,9+;;;;/m1111..../s1. The smallest absolute Gasteiger partial charge is 1.00 e. The van der Waals surface area contributed by atoms with Gasteiger partial charge in [-0.1, -0.05) is 97.4 Å². The molecule has 4 rings (SSSR count). The number of β-amino-alcohol motifs (C(OH)–C–C–N with tert-alkyl or cyclic N) is 1. The number of hydrogen-bond acceptors (Lipinski definition) is 17. The number of aliphatic imine (C=N–C) groups is 1. The van der Waals surface area contributed by atoms with Gasteiger partial charge in [-0.25, -0.2) is 14.4 Å². The maximum atomic E-state index is 12.0. The van der Waals surface area contributed by atoms with Gasteiger partial charge >= 0.3 is 59.5 Å². The topological polar surface area (TPSA) is 219 Å². The van der Waals surface area contributed by atoms with Crippen LogP contribution in [0.3, 0.4) is 0 Å². The van der Waals surface area contributed by atoms with Crippen molar-refractivity contribution in [1.82, 2.24) is 15.5 Å². The van der Waals surface area contributed by atoms with Crippen LogP contribution in [0.25, 0.3) is 0 Å². The number of amides is 1. The molecule has 0 aromatic rings. The number of nitrogens with zero attached hydrogens (tertiary/aromatic N) is 2. The Morgan fingerprint density at radius 2 is 0.947 bits per heavy atom. The van der Waals surface area contributed by atoms with Gasteiger partial charge in [-0.05, 0) is 75.2 Å². The second kappa shape index (κ2) is 30.8. The van der Waals surface area contributed by atoms with E-state index in [4.69, 9.17) is 32.2 Å². The number of methoxy groups -OCH3 is 4. The summed E-state index contributed by atoms with van der Waals surface area (Å²) in [6.45, 7) is 48.5. The van der Waals surface area contributed by atoms with Crippen LogP contribution in [0.15, 0.2) is 4.99 Å². The van der Waals surface area contributed by atoms with Crippen LogP contribution >= 0.6 is 0 Å². The first kappa shape index (κ1) is 77.5. The summed E-state index contributed by atoms with van der Waals surface area (Å²) in [6.07, 6.45) is -1.13. The van der Waals surface area contributed by atoms with Gasteiger partial charge in [0, 0.05) is 45.2 Å². The van der Waals surface area contributed by atoms with Crippen molar-refractivity contribution in [2.24, 2.45) is 28.7 Å². The van der Waals surface area contributed by atoms with Crippen LogP contribution in [0, 0.1) is 23.7 Å². The fourth-order valence-corrected chi connectivity index (χ4v) is 11.8. The number of aliphatic hydroxyl groups excluding tert-OH is 1. The van der Waals surface area contributed by atoms with E-state index in [9.17, 15) is 29.1 Å². The van der Waals surface area contributed by atoms with E-state index in [1.54, 1.807) is 27.7 Å². The minimum atomic E-state index is -1.81. The van der Waals surface area contributed by atoms with Crippen molar-refractivity contribution in [1.29, 1.82) is 0 Å². The van der Waals surface area contributed by atoms with E-state index < -0.39 is 54.8 Å². The van der Waals surface area contributed by atoms with Crippen molar-refractivity contribution >= 4 is 69.0 Å². The Kier molecular flexibility index (Phi) is 31.8. The molecular formula is C52H105BN4NaO14Si3. The second-order valence-corrected chi connectivity index (χ2v) is 39.6. The van der Waals surface area contributed by atoms with Crippen LogP contribution in [-0.4, -0.2) is 182 Å². The third-order valence-corrected chi connectivity index (χ3v) is 29.2. The summed E-state index contributed by atoms with van der Waals surface area (Å²) in [6, 6.07) is -1.26. The summed E-state index contributed by atoms with van der Waals surface area (Å²) in [5, 5.41) is 16.7. The minimum absolute atomic E-state index is 0. The van der Waals surface area contributed by atoms with Gasteiger partial charge in [0.2, 0.25) is 0 Å². The molecular weight excluding hydrogens is 1020 g/mol. The van der Waals surface area contributed by atoms with Gasteiger partial charge < -0.3 is 54.1 Å². The molecule has 11 atom stereocenters. The Morgan fingerprint density at radius 1 is 0.600 bits per heavy atom. The molecule has 0 aliphatic carbocycles. The monoisotopic (exact) mass is 1130 g/mol. The number of hydrogen-bond donors (Lipinski definition) is 3. The molecule has 3 saturated heterocycles. The normalized spacial score (nSPS) is 26.8. The largest absolute Gasteiger partial charge is 1.00 e. The average molecular weight is 1130 g/mol. The van der Waals surface area contributed by atoms with E-state index in [-0.39, 0.29) is 140 Å². The number of likely N-dealkylation sites (tertiary alicyclic amines) is 1. The van der Waals surface area contributed by atoms with Crippen molar-refractivity contribution < 1.29 is 97.0 Å². The number of carbonyl (C=O) groups is 5. The summed E-state index contributed by atoms with van der Waals surface area (Å²) in [4.78, 5) is 63.9. The molecule has 18 nitrogen and oxygen atoms in total. The molecule has 3 radical (unpaired) electrons. The van der Waals surface area contributed by atoms with Crippen molar-refractivity contribution in [2.75, 3.05) is 54.6 Å². The van der Waals surface area contributed by atoms with E-state index in [0.717, 1.165) is 13.1 Å². The third kappa shape index (κ3) is 21.7. The van der Waals surface area contributed by atoms with Crippen LogP contribution in [0.4, 0.5) is 4.79 Å². The fourth-order valence-electron chi connectivity index (χ4n) is 7.58. The first-order valence-electron chi connectivity index (χ1n) is 25.5. The maximum Gasteiger partial charge on any atom is 1.00 e. The summed E-state index contributed by atoms with van der Waals surface area (Å²) in [5.74, 6) is -1.28. The van der Waals surface area contributed by atoms with E-state index in [1.165, 1.54) is 33.3 Å². The van der Waals surface area contributed by atoms with Gasteiger partial charge in [0.25, 0.3) is 0 Å². The van der Waals surface area contributed by atoms with Crippen LogP contribution in [0.5, 0.6) is 0 Å². The summed E-state index contributed by atoms with van der Waals surface area (Å²) >= 11 is 0. The van der Waals surface area contributed by atoms with Gasteiger partial charge in [0.1, 0.15) is 29.4 Å². The van der Waals surface area contributed by atoms with E-state index >= 15 is 0 Å². The van der Waals surface area contributed by atoms with Crippen molar-refractivity contribution in [3.8, 4) is 0 Å². The molecule has 433 valence electrons. The molecule has 1 amide bonds. The van der Waals surface area contributed by atoms with Crippen molar-refractivity contribution in [2.45, 2.75) is 221 Å². The van der Waals surface area contributed by atoms with Gasteiger partial charge in [-0.2, -0.15) is 0 Å². The second-order valence-electron chi connectivity index (χ2n) is 25.3. The first-order valence-corrected chi connectivity index (χ1v) is 34.2. The van der Waals surface area contributed by atoms with Gasteiger partial charge in [0.15, 0.2) is 25.0 Å². The molecule has 75 heavy (non-hydrogen) atoms. The number of ether oxygens (including phenoxy) is 5. The number of rotatable bonds is 10. The molecule has 23 heteroatoms. The Hall–Kier alpha value is -1.70. The summed E-state index contributed by atoms with van der Waals surface area (Å²) < 4.78 is 43.3. The molecule has 0 spiro atoms. The average Bonchev–Trinajstić information content (AvgIpc) is 3.99. The zero-order valence-corrected chi connectivity index (χ0v) is 55.9. The van der Waals surface area contributed by atoms with Gasteiger partial charge in [-0.3, -0.25) is 19.5 Å². The first-order chi connectivity index (χ1) is 32.5. The fraction of sp³-hybridized carbons (Fsp3) is 0.885. The SMILES string of the molecule is C.COC(=O)C1=NC[C@H](O[Si](C)(C)C(C)(C)C)[C@H]1C.COC(=O)[C@@H]1NC[C@H](O[Si](C)(C)C(C)(C)C)[C@H]1C.COC(=O)[C@@H]1[C@H](C)[C@@H](O)CN1C(=O)OC(C)(C)C.COC(=O)[C@H]1NC[C@H](O[Si](C)(C)C(C)(C)C)[C@H]1C.[B].[H-].[Na+]. The molecule has 3 fully saturated rings. The van der Waals surface area contributed by atoms with E-state index in [1.807, 2.05) is 6.92 Å². The quantitative estimate of drug-likeness (QED) is 0.147. The number of aliphatic hydroxyl groups is 1. The number of nitrogens with one attached hydrogen (secondary N) is 2. The summed E-state index contributed by atoms with van der Waals surface area (Å²) in [7, 11) is 0.136. The molecule has 0 unspecified atom stereocenters. The third-order valence-electron chi connectivity index (χ3n) is 15.7. The van der Waals surface area contributed by atoms with Crippen LogP contribution < -0.4 is 40.2 Å². The molecule has 0 bridgehead atoms. The van der Waals surface area contributed by atoms with Crippen LogP contribution in [0.1, 0.15) is 120 Å². The zero-order chi connectivity index (χ0) is 56.5. The van der Waals surface area contributed by atoms with Gasteiger partial charge in [-0.15, -0.1) is 0 Å². The molecule has 0 saturated carbocycles. The van der Waals surface area contributed by atoms with Crippen molar-refractivity contribution in [3.63, 3.8) is 0 Å². The Bertz CT molecular complexity index is 1760. The number of esters is 4. The van der Waals surface area contributed by atoms with Crippen LogP contribution in [-0.2, 0) is 56.1 Å². The predicted molar refractivity (Wildman–Crippen MR) is 303 cm³/mol. The molecule has 0 aromatic heterocycles.